The van der Waals surface area contributed by atoms with Crippen LogP contribution in [0.15, 0.2) is 48.3 Å². The maximum Gasteiger partial charge on any atom is 0.266 e. The van der Waals surface area contributed by atoms with Crippen LogP contribution in [0.4, 0.5) is 5.69 Å². The summed E-state index contributed by atoms with van der Waals surface area (Å²) in [6.07, 6.45) is 4.61. The molecule has 1 aromatic heterocycles. The molecular formula is C15H9Cl2N3O. The predicted molar refractivity (Wildman–Crippen MR) is 82.9 cm³/mol. The number of carbonyl (C=O) groups is 1. The molecule has 0 bridgehead atoms. The van der Waals surface area contributed by atoms with E-state index >= 15 is 0 Å². The Labute approximate surface area is 131 Å². The van der Waals surface area contributed by atoms with Crippen molar-refractivity contribution in [2.75, 3.05) is 5.32 Å². The third kappa shape index (κ3) is 4.06. The fourth-order valence-corrected chi connectivity index (χ4v) is 2.01. The number of nitrogens with zero attached hydrogens (tertiary/aromatic N) is 2. The molecule has 0 aliphatic rings. The van der Waals surface area contributed by atoms with Crippen molar-refractivity contribution >= 4 is 40.9 Å². The predicted octanol–water partition coefficient (Wildman–Crippen LogP) is 3.93. The van der Waals surface area contributed by atoms with Crippen molar-refractivity contribution in [1.82, 2.24) is 4.98 Å². The van der Waals surface area contributed by atoms with Crippen LogP contribution in [0.5, 0.6) is 0 Å². The number of amides is 1. The van der Waals surface area contributed by atoms with Crippen LogP contribution in [0, 0.1) is 11.3 Å². The Morgan fingerprint density at radius 2 is 2.14 bits per heavy atom. The van der Waals surface area contributed by atoms with Gasteiger partial charge >= 0.3 is 0 Å². The average Bonchev–Trinajstić information content (AvgIpc) is 2.48. The monoisotopic (exact) mass is 317 g/mol. The summed E-state index contributed by atoms with van der Waals surface area (Å²) < 4.78 is 0. The molecule has 2 rings (SSSR count). The highest BCUT2D eigenvalue weighted by atomic mass is 35.5. The number of rotatable bonds is 3. The smallest absolute Gasteiger partial charge is 0.266 e. The van der Waals surface area contributed by atoms with Crippen molar-refractivity contribution in [2.24, 2.45) is 0 Å². The van der Waals surface area contributed by atoms with E-state index in [2.05, 4.69) is 10.3 Å². The van der Waals surface area contributed by atoms with E-state index in [0.29, 0.717) is 21.3 Å². The van der Waals surface area contributed by atoms with Gasteiger partial charge in [-0.25, -0.2) is 0 Å². The highest BCUT2D eigenvalue weighted by Gasteiger charge is 2.11. The summed E-state index contributed by atoms with van der Waals surface area (Å²) in [7, 11) is 0. The quantitative estimate of drug-likeness (QED) is 0.689. The molecule has 0 aliphatic carbocycles. The van der Waals surface area contributed by atoms with Crippen LogP contribution < -0.4 is 5.32 Å². The number of nitrogens with one attached hydrogen (secondary N) is 1. The normalized spacial score (nSPS) is 10.8. The second kappa shape index (κ2) is 6.89. The number of anilines is 1. The molecule has 0 saturated heterocycles. The Morgan fingerprint density at radius 3 is 2.76 bits per heavy atom. The Morgan fingerprint density at radius 1 is 1.33 bits per heavy atom. The number of aromatic nitrogens is 1. The second-order valence-electron chi connectivity index (χ2n) is 4.03. The number of benzene rings is 1. The van der Waals surface area contributed by atoms with Gasteiger partial charge in [0.15, 0.2) is 0 Å². The van der Waals surface area contributed by atoms with Gasteiger partial charge in [-0.05, 0) is 35.9 Å². The average molecular weight is 318 g/mol. The van der Waals surface area contributed by atoms with E-state index in [-0.39, 0.29) is 5.57 Å². The molecule has 4 nitrogen and oxygen atoms in total. The number of carbonyl (C=O) groups excluding carboxylic acids is 1. The number of nitriles is 1. The molecule has 1 amide bonds. The largest absolute Gasteiger partial charge is 0.320 e. The van der Waals surface area contributed by atoms with Gasteiger partial charge < -0.3 is 5.32 Å². The first-order chi connectivity index (χ1) is 10.1. The van der Waals surface area contributed by atoms with Gasteiger partial charge in [-0.3, -0.25) is 9.78 Å². The SMILES string of the molecule is N#C/C(=C\c1cccnc1)C(=O)Nc1ccc(Cl)cc1Cl. The molecule has 1 heterocycles. The third-order valence-electron chi connectivity index (χ3n) is 2.54. The molecular weight excluding hydrogens is 309 g/mol. The van der Waals surface area contributed by atoms with Crippen molar-refractivity contribution in [1.29, 1.82) is 5.26 Å². The minimum Gasteiger partial charge on any atom is -0.320 e. The fraction of sp³-hybridized carbons (Fsp3) is 0. The van der Waals surface area contributed by atoms with Gasteiger partial charge in [0.1, 0.15) is 11.6 Å². The molecule has 0 saturated carbocycles. The first kappa shape index (κ1) is 15.0. The lowest BCUT2D eigenvalue weighted by molar-refractivity contribution is -0.112. The van der Waals surface area contributed by atoms with E-state index in [1.54, 1.807) is 36.7 Å². The summed E-state index contributed by atoms with van der Waals surface area (Å²) in [5.41, 5.74) is 0.999. The Hall–Kier alpha value is -2.35. The van der Waals surface area contributed by atoms with Crippen LogP contribution in [0.25, 0.3) is 6.08 Å². The van der Waals surface area contributed by atoms with Crippen LogP contribution in [0.1, 0.15) is 5.56 Å². The summed E-state index contributed by atoms with van der Waals surface area (Å²) in [5, 5.41) is 12.4. The molecule has 2 aromatic rings. The van der Waals surface area contributed by atoms with Crippen molar-refractivity contribution in [3.05, 3.63) is 63.9 Å². The van der Waals surface area contributed by atoms with Crippen molar-refractivity contribution in [2.45, 2.75) is 0 Å². The van der Waals surface area contributed by atoms with Gasteiger partial charge in [-0.1, -0.05) is 29.3 Å². The minimum atomic E-state index is -0.550. The van der Waals surface area contributed by atoms with Crippen LogP contribution in [-0.4, -0.2) is 10.9 Å². The standard InChI is InChI=1S/C15H9Cl2N3O/c16-12-3-4-14(13(17)7-12)20-15(21)11(8-18)6-10-2-1-5-19-9-10/h1-7,9H,(H,20,21)/b11-6+. The molecule has 104 valence electrons. The molecule has 0 radical (unpaired) electrons. The van der Waals surface area contributed by atoms with Crippen molar-refractivity contribution in [3.8, 4) is 6.07 Å². The lowest BCUT2D eigenvalue weighted by Crippen LogP contribution is -2.13. The third-order valence-corrected chi connectivity index (χ3v) is 3.09. The van der Waals surface area contributed by atoms with Gasteiger partial charge in [0.25, 0.3) is 5.91 Å². The van der Waals surface area contributed by atoms with Gasteiger partial charge in [0.05, 0.1) is 10.7 Å². The molecule has 21 heavy (non-hydrogen) atoms. The lowest BCUT2D eigenvalue weighted by atomic mass is 10.1. The van der Waals surface area contributed by atoms with Crippen molar-refractivity contribution < 1.29 is 4.79 Å². The van der Waals surface area contributed by atoms with E-state index in [1.807, 2.05) is 6.07 Å². The number of hydrogen-bond donors (Lipinski definition) is 1. The first-order valence-corrected chi connectivity index (χ1v) is 6.64. The zero-order valence-corrected chi connectivity index (χ0v) is 12.2. The van der Waals surface area contributed by atoms with Crippen molar-refractivity contribution in [3.63, 3.8) is 0 Å². The maximum atomic E-state index is 12.1. The van der Waals surface area contributed by atoms with Crippen LogP contribution in [0.3, 0.4) is 0 Å². The zero-order chi connectivity index (χ0) is 15.2. The van der Waals surface area contributed by atoms with E-state index < -0.39 is 5.91 Å². The van der Waals surface area contributed by atoms with E-state index in [1.165, 1.54) is 12.1 Å². The van der Waals surface area contributed by atoms with Crippen LogP contribution >= 0.6 is 23.2 Å². The van der Waals surface area contributed by atoms with Gasteiger partial charge in [0.2, 0.25) is 0 Å². The van der Waals surface area contributed by atoms with Gasteiger partial charge in [0, 0.05) is 17.4 Å². The van der Waals surface area contributed by atoms with E-state index in [9.17, 15) is 4.79 Å². The zero-order valence-electron chi connectivity index (χ0n) is 10.7. The summed E-state index contributed by atoms with van der Waals surface area (Å²) in [6, 6.07) is 9.99. The maximum absolute atomic E-state index is 12.1. The van der Waals surface area contributed by atoms with E-state index in [4.69, 9.17) is 28.5 Å². The minimum absolute atomic E-state index is 0.0472. The topological polar surface area (TPSA) is 65.8 Å². The molecule has 0 spiro atoms. The molecule has 0 aliphatic heterocycles. The highest BCUT2D eigenvalue weighted by Crippen LogP contribution is 2.25. The highest BCUT2D eigenvalue weighted by molar-refractivity contribution is 6.36. The molecule has 0 fully saturated rings. The molecule has 6 heteroatoms. The second-order valence-corrected chi connectivity index (χ2v) is 4.88. The molecule has 0 unspecified atom stereocenters. The van der Waals surface area contributed by atoms with Crippen LogP contribution in [0.2, 0.25) is 10.0 Å². The summed E-state index contributed by atoms with van der Waals surface area (Å²) in [4.78, 5) is 16.0. The lowest BCUT2D eigenvalue weighted by Gasteiger charge is -2.06. The number of hydrogen-bond acceptors (Lipinski definition) is 3. The van der Waals surface area contributed by atoms with Crippen LogP contribution in [-0.2, 0) is 4.79 Å². The summed E-state index contributed by atoms with van der Waals surface area (Å²) >= 11 is 11.8. The van der Waals surface area contributed by atoms with Gasteiger partial charge in [-0.2, -0.15) is 5.26 Å². The summed E-state index contributed by atoms with van der Waals surface area (Å²) in [6.45, 7) is 0. The van der Waals surface area contributed by atoms with E-state index in [0.717, 1.165) is 0 Å². The van der Waals surface area contributed by atoms with Gasteiger partial charge in [-0.15, -0.1) is 0 Å². The first-order valence-electron chi connectivity index (χ1n) is 5.88. The molecule has 1 aromatic carbocycles. The molecule has 0 atom stereocenters. The summed E-state index contributed by atoms with van der Waals surface area (Å²) in [5.74, 6) is -0.550. The fourth-order valence-electron chi connectivity index (χ4n) is 1.56. The Balaban J connectivity index is 2.22. The number of pyridine rings is 1. The molecule has 1 N–H and O–H groups in total. The Bertz CT molecular complexity index is 736. The Kier molecular flexibility index (Phi) is 4.94. The number of halogens is 2.